The Labute approximate surface area is 120 Å². The fraction of sp³-hybridized carbons (Fsp3) is 0.308. The minimum atomic E-state index is -1.04. The molecule has 0 fully saturated rings. The first-order valence-corrected chi connectivity index (χ1v) is 6.49. The second-order valence-electron chi connectivity index (χ2n) is 4.46. The number of tetrazole rings is 1. The Bertz CT molecular complexity index is 626. The molecule has 1 heterocycles. The van der Waals surface area contributed by atoms with Crippen LogP contribution in [0, 0.1) is 0 Å². The Morgan fingerprint density at radius 3 is 2.86 bits per heavy atom. The van der Waals surface area contributed by atoms with Gasteiger partial charge in [-0.05, 0) is 35.0 Å². The van der Waals surface area contributed by atoms with Crippen molar-refractivity contribution in [3.8, 4) is 5.69 Å². The van der Waals surface area contributed by atoms with Gasteiger partial charge < -0.3 is 10.4 Å². The van der Waals surface area contributed by atoms with Gasteiger partial charge in [-0.25, -0.2) is 9.48 Å². The van der Waals surface area contributed by atoms with E-state index in [1.807, 2.05) is 6.92 Å². The third-order valence-electron chi connectivity index (χ3n) is 2.90. The Morgan fingerprint density at radius 1 is 1.43 bits per heavy atom. The van der Waals surface area contributed by atoms with Crippen molar-refractivity contribution in [2.75, 3.05) is 0 Å². The molecule has 0 aliphatic carbocycles. The summed E-state index contributed by atoms with van der Waals surface area (Å²) in [6, 6.07) is 5.74. The van der Waals surface area contributed by atoms with Crippen LogP contribution in [0.3, 0.4) is 0 Å². The number of benzene rings is 1. The van der Waals surface area contributed by atoms with Crippen molar-refractivity contribution < 1.29 is 14.7 Å². The van der Waals surface area contributed by atoms with Crippen LogP contribution >= 0.6 is 0 Å². The molecule has 0 saturated heterocycles. The van der Waals surface area contributed by atoms with Crippen molar-refractivity contribution in [1.29, 1.82) is 0 Å². The summed E-state index contributed by atoms with van der Waals surface area (Å²) in [5, 5.41) is 22.3. The second-order valence-corrected chi connectivity index (χ2v) is 4.46. The van der Waals surface area contributed by atoms with Crippen molar-refractivity contribution >= 4 is 11.9 Å². The molecule has 0 aliphatic rings. The zero-order valence-electron chi connectivity index (χ0n) is 11.4. The number of amides is 1. The summed E-state index contributed by atoms with van der Waals surface area (Å²) in [7, 11) is 0. The van der Waals surface area contributed by atoms with Crippen LogP contribution in [0.25, 0.3) is 5.69 Å². The van der Waals surface area contributed by atoms with Gasteiger partial charge >= 0.3 is 5.97 Å². The van der Waals surface area contributed by atoms with Crippen molar-refractivity contribution in [3.63, 3.8) is 0 Å². The van der Waals surface area contributed by atoms with E-state index in [0.717, 1.165) is 0 Å². The van der Waals surface area contributed by atoms with Gasteiger partial charge in [-0.2, -0.15) is 0 Å². The molecule has 8 heteroatoms. The standard InChI is InChI=1S/C13H15N5O3/c1-2-4-11(13(20)21)15-12(19)9-5-3-6-10(7-9)18-8-14-16-17-18/h3,5-8,11H,2,4H2,1H3,(H,15,19)(H,20,21). The van der Waals surface area contributed by atoms with Crippen LogP contribution < -0.4 is 5.32 Å². The number of carboxylic acids is 1. The third-order valence-corrected chi connectivity index (χ3v) is 2.90. The van der Waals surface area contributed by atoms with Gasteiger partial charge in [-0.15, -0.1) is 5.10 Å². The molecule has 0 saturated carbocycles. The second kappa shape index (κ2) is 6.60. The highest BCUT2D eigenvalue weighted by molar-refractivity contribution is 5.97. The van der Waals surface area contributed by atoms with E-state index in [1.165, 1.54) is 11.0 Å². The number of carbonyl (C=O) groups is 2. The average Bonchev–Trinajstić information content (AvgIpc) is 3.01. The Hall–Kier alpha value is -2.77. The largest absolute Gasteiger partial charge is 0.480 e. The van der Waals surface area contributed by atoms with E-state index in [1.54, 1.807) is 24.3 Å². The molecule has 1 aromatic carbocycles. The number of nitrogens with zero attached hydrogens (tertiary/aromatic N) is 4. The average molecular weight is 289 g/mol. The van der Waals surface area contributed by atoms with Gasteiger partial charge in [0.05, 0.1) is 5.69 Å². The molecule has 110 valence electrons. The number of hydrogen-bond acceptors (Lipinski definition) is 5. The first-order valence-electron chi connectivity index (χ1n) is 6.49. The zero-order valence-corrected chi connectivity index (χ0v) is 11.4. The molecular formula is C13H15N5O3. The van der Waals surface area contributed by atoms with Gasteiger partial charge in [0.2, 0.25) is 0 Å². The van der Waals surface area contributed by atoms with Gasteiger partial charge in [0.15, 0.2) is 0 Å². The lowest BCUT2D eigenvalue weighted by molar-refractivity contribution is -0.139. The SMILES string of the molecule is CCCC(NC(=O)c1cccc(-n2cnnn2)c1)C(=O)O. The van der Waals surface area contributed by atoms with Crippen molar-refractivity contribution in [2.24, 2.45) is 0 Å². The van der Waals surface area contributed by atoms with Crippen molar-refractivity contribution in [2.45, 2.75) is 25.8 Å². The van der Waals surface area contributed by atoms with E-state index in [9.17, 15) is 9.59 Å². The summed E-state index contributed by atoms with van der Waals surface area (Å²) in [6.07, 6.45) is 2.46. The van der Waals surface area contributed by atoms with Crippen LogP contribution in [-0.2, 0) is 4.79 Å². The molecular weight excluding hydrogens is 274 g/mol. The monoisotopic (exact) mass is 289 g/mol. The molecule has 8 nitrogen and oxygen atoms in total. The number of rotatable bonds is 6. The first-order chi connectivity index (χ1) is 10.1. The van der Waals surface area contributed by atoms with Crippen LogP contribution in [0.2, 0.25) is 0 Å². The van der Waals surface area contributed by atoms with Crippen molar-refractivity contribution in [3.05, 3.63) is 36.2 Å². The van der Waals surface area contributed by atoms with E-state index in [4.69, 9.17) is 5.11 Å². The molecule has 1 atom stereocenters. The van der Waals surface area contributed by atoms with Crippen LogP contribution in [0.15, 0.2) is 30.6 Å². The molecule has 2 rings (SSSR count). The van der Waals surface area contributed by atoms with E-state index < -0.39 is 17.9 Å². The van der Waals surface area contributed by atoms with Gasteiger partial charge in [0, 0.05) is 5.56 Å². The lowest BCUT2D eigenvalue weighted by Gasteiger charge is -2.13. The molecule has 0 aliphatic heterocycles. The quantitative estimate of drug-likeness (QED) is 0.807. The molecule has 21 heavy (non-hydrogen) atoms. The first kappa shape index (κ1) is 14.6. The van der Waals surface area contributed by atoms with Crippen LogP contribution in [-0.4, -0.2) is 43.2 Å². The lowest BCUT2D eigenvalue weighted by atomic mass is 10.1. The van der Waals surface area contributed by atoms with Gasteiger partial charge in [0.1, 0.15) is 12.4 Å². The number of aromatic nitrogens is 4. The number of nitrogens with one attached hydrogen (secondary N) is 1. The highest BCUT2D eigenvalue weighted by Gasteiger charge is 2.19. The van der Waals surface area contributed by atoms with E-state index in [-0.39, 0.29) is 0 Å². The number of hydrogen-bond donors (Lipinski definition) is 2. The summed E-state index contributed by atoms with van der Waals surface area (Å²) in [4.78, 5) is 23.2. The van der Waals surface area contributed by atoms with E-state index in [0.29, 0.717) is 24.1 Å². The predicted octanol–water partition coefficient (Wildman–Crippen LogP) is 0.645. The van der Waals surface area contributed by atoms with Gasteiger partial charge in [0.25, 0.3) is 5.91 Å². The van der Waals surface area contributed by atoms with Crippen LogP contribution in [0.1, 0.15) is 30.1 Å². The van der Waals surface area contributed by atoms with E-state index in [2.05, 4.69) is 20.8 Å². The molecule has 1 aromatic heterocycles. The molecule has 1 unspecified atom stereocenters. The summed E-state index contributed by atoms with van der Waals surface area (Å²) in [6.45, 7) is 1.86. The minimum Gasteiger partial charge on any atom is -0.480 e. The molecule has 2 aromatic rings. The molecule has 0 radical (unpaired) electrons. The summed E-state index contributed by atoms with van der Waals surface area (Å²) >= 11 is 0. The maximum absolute atomic E-state index is 12.1. The predicted molar refractivity (Wildman–Crippen MR) is 73.0 cm³/mol. The maximum atomic E-state index is 12.1. The zero-order chi connectivity index (χ0) is 15.2. The number of carbonyl (C=O) groups excluding carboxylic acids is 1. The topological polar surface area (TPSA) is 110 Å². The van der Waals surface area contributed by atoms with Crippen molar-refractivity contribution in [1.82, 2.24) is 25.5 Å². The third kappa shape index (κ3) is 3.62. The van der Waals surface area contributed by atoms with Crippen LogP contribution in [0.5, 0.6) is 0 Å². The summed E-state index contributed by atoms with van der Waals surface area (Å²) in [5.74, 6) is -1.48. The smallest absolute Gasteiger partial charge is 0.326 e. The highest BCUT2D eigenvalue weighted by Crippen LogP contribution is 2.09. The Kier molecular flexibility index (Phi) is 4.60. The molecule has 1 amide bonds. The fourth-order valence-corrected chi connectivity index (χ4v) is 1.86. The number of carboxylic acid groups (broad SMARTS) is 1. The van der Waals surface area contributed by atoms with Gasteiger partial charge in [-0.3, -0.25) is 4.79 Å². The highest BCUT2D eigenvalue weighted by atomic mass is 16.4. The van der Waals surface area contributed by atoms with Gasteiger partial charge in [-0.1, -0.05) is 19.4 Å². The minimum absolute atomic E-state index is 0.352. The Morgan fingerprint density at radius 2 is 2.24 bits per heavy atom. The van der Waals surface area contributed by atoms with E-state index >= 15 is 0 Å². The fourth-order valence-electron chi connectivity index (χ4n) is 1.86. The number of aliphatic carboxylic acids is 1. The normalized spacial score (nSPS) is 11.9. The van der Waals surface area contributed by atoms with Crippen LogP contribution in [0.4, 0.5) is 0 Å². The molecule has 0 bridgehead atoms. The summed E-state index contributed by atoms with van der Waals surface area (Å²) < 4.78 is 1.41. The Balaban J connectivity index is 2.16. The lowest BCUT2D eigenvalue weighted by Crippen LogP contribution is -2.40. The summed E-state index contributed by atoms with van der Waals surface area (Å²) in [5.41, 5.74) is 0.973. The maximum Gasteiger partial charge on any atom is 0.326 e. The molecule has 0 spiro atoms. The molecule has 2 N–H and O–H groups in total.